The van der Waals surface area contributed by atoms with Crippen molar-refractivity contribution >= 4 is 18.3 Å². The number of amides is 1. The molecule has 0 aromatic carbocycles. The van der Waals surface area contributed by atoms with Gasteiger partial charge in [0.1, 0.15) is 19.3 Å². The topological polar surface area (TPSA) is 102 Å². The Morgan fingerprint density at radius 2 is 2.12 bits per heavy atom. The molecule has 2 N–H and O–H groups in total. The van der Waals surface area contributed by atoms with Gasteiger partial charge in [0.05, 0.1) is 6.54 Å². The summed E-state index contributed by atoms with van der Waals surface area (Å²) in [7, 11) is 0. The monoisotopic (exact) mass is 245 g/mol. The van der Waals surface area contributed by atoms with Gasteiger partial charge in [0.25, 0.3) is 0 Å². The molecule has 0 radical (unpaired) electrons. The highest BCUT2D eigenvalue weighted by atomic mass is 16.6. The van der Waals surface area contributed by atoms with E-state index in [1.165, 1.54) is 6.92 Å². The Morgan fingerprint density at radius 1 is 1.47 bits per heavy atom. The zero-order chi connectivity index (χ0) is 13.3. The number of aliphatic hydroxyl groups excluding tert-OH is 1. The number of ether oxygens (including phenoxy) is 2. The predicted octanol–water partition coefficient (Wildman–Crippen LogP) is -0.608. The third-order valence-electron chi connectivity index (χ3n) is 1.50. The molecular weight excluding hydrogens is 230 g/mol. The van der Waals surface area contributed by atoms with Gasteiger partial charge < -0.3 is 24.7 Å². The Labute approximate surface area is 98.4 Å². The zero-order valence-electron chi connectivity index (χ0n) is 9.47. The molecule has 1 unspecified atom stereocenters. The van der Waals surface area contributed by atoms with Gasteiger partial charge in [-0.05, 0) is 6.92 Å². The first-order valence-electron chi connectivity index (χ1n) is 4.84. The smallest absolute Gasteiger partial charge is 0.407 e. The largest absolute Gasteiger partial charge is 0.460 e. The van der Waals surface area contributed by atoms with E-state index in [9.17, 15) is 14.4 Å². The average molecular weight is 245 g/mol. The van der Waals surface area contributed by atoms with Crippen LogP contribution in [0.2, 0.25) is 0 Å². The van der Waals surface area contributed by atoms with Gasteiger partial charge in [0.2, 0.25) is 0 Å². The van der Waals surface area contributed by atoms with Crippen LogP contribution in [0.1, 0.15) is 6.92 Å². The number of rotatable bonds is 7. The minimum atomic E-state index is -1.33. The van der Waals surface area contributed by atoms with Crippen LogP contribution < -0.4 is 5.32 Å². The van der Waals surface area contributed by atoms with Crippen molar-refractivity contribution < 1.29 is 29.0 Å². The van der Waals surface area contributed by atoms with Crippen molar-refractivity contribution in [2.45, 2.75) is 13.0 Å². The third kappa shape index (κ3) is 7.97. The number of alkyl carbamates (subject to hydrolysis) is 1. The molecule has 1 atom stereocenters. The molecule has 0 rings (SSSR count). The summed E-state index contributed by atoms with van der Waals surface area (Å²) in [5.74, 6) is -0.545. The number of aliphatic hydroxyl groups is 1. The molecule has 0 bridgehead atoms. The van der Waals surface area contributed by atoms with E-state index >= 15 is 0 Å². The van der Waals surface area contributed by atoms with E-state index in [0.717, 1.165) is 0 Å². The first-order chi connectivity index (χ1) is 7.97. The first-order valence-corrected chi connectivity index (χ1v) is 4.84. The van der Waals surface area contributed by atoms with Crippen molar-refractivity contribution in [2.24, 2.45) is 0 Å². The summed E-state index contributed by atoms with van der Waals surface area (Å²) in [5.41, 5.74) is 0.265. The Kier molecular flexibility index (Phi) is 7.36. The van der Waals surface area contributed by atoms with Crippen LogP contribution in [0.4, 0.5) is 4.79 Å². The summed E-state index contributed by atoms with van der Waals surface area (Å²) >= 11 is 0. The van der Waals surface area contributed by atoms with Crippen LogP contribution in [0.25, 0.3) is 0 Å². The Morgan fingerprint density at radius 3 is 2.65 bits per heavy atom. The van der Waals surface area contributed by atoms with E-state index in [1.54, 1.807) is 0 Å². The summed E-state index contributed by atoms with van der Waals surface area (Å²) < 4.78 is 9.15. The van der Waals surface area contributed by atoms with Crippen molar-refractivity contribution in [1.29, 1.82) is 0 Å². The molecular formula is C10H15NO6. The molecule has 0 aliphatic rings. The Bertz CT molecular complexity index is 301. The number of aldehydes is 1. The van der Waals surface area contributed by atoms with Crippen LogP contribution >= 0.6 is 0 Å². The maximum Gasteiger partial charge on any atom is 0.407 e. The lowest BCUT2D eigenvalue weighted by molar-refractivity contribution is -0.138. The molecule has 0 aromatic rings. The first kappa shape index (κ1) is 15.1. The zero-order valence-corrected chi connectivity index (χ0v) is 9.47. The van der Waals surface area contributed by atoms with Gasteiger partial charge in [0.15, 0.2) is 6.29 Å². The quantitative estimate of drug-likeness (QED) is 0.268. The van der Waals surface area contributed by atoms with Crippen molar-refractivity contribution in [3.05, 3.63) is 12.2 Å². The lowest BCUT2D eigenvalue weighted by atomic mass is 10.4. The number of esters is 1. The maximum atomic E-state index is 10.9. The predicted molar refractivity (Wildman–Crippen MR) is 57.2 cm³/mol. The van der Waals surface area contributed by atoms with Gasteiger partial charge in [-0.3, -0.25) is 0 Å². The Balaban J connectivity index is 3.55. The molecule has 0 saturated carbocycles. The van der Waals surface area contributed by atoms with Gasteiger partial charge in [-0.1, -0.05) is 6.58 Å². The normalized spacial score (nSPS) is 11.2. The number of carbonyl (C=O) groups excluding carboxylic acids is 3. The number of hydrogen-bond acceptors (Lipinski definition) is 6. The molecule has 0 aliphatic heterocycles. The van der Waals surface area contributed by atoms with Crippen LogP contribution in [-0.2, 0) is 19.1 Å². The number of nitrogens with one attached hydrogen (secondary N) is 1. The van der Waals surface area contributed by atoms with Crippen LogP contribution in [-0.4, -0.2) is 49.3 Å². The minimum Gasteiger partial charge on any atom is -0.460 e. The second-order valence-electron chi connectivity index (χ2n) is 3.14. The van der Waals surface area contributed by atoms with Crippen LogP contribution in [0.5, 0.6) is 0 Å². The fourth-order valence-corrected chi connectivity index (χ4v) is 0.671. The molecule has 1 amide bonds. The lowest BCUT2D eigenvalue weighted by Gasteiger charge is -2.08. The highest BCUT2D eigenvalue weighted by molar-refractivity contribution is 5.86. The van der Waals surface area contributed by atoms with E-state index < -0.39 is 24.8 Å². The molecule has 0 aromatic heterocycles. The van der Waals surface area contributed by atoms with Crippen LogP contribution in [0.3, 0.4) is 0 Å². The number of carbonyl (C=O) groups is 3. The minimum absolute atomic E-state index is 0.0168. The molecule has 0 saturated heterocycles. The Hall–Kier alpha value is -1.89. The van der Waals surface area contributed by atoms with Gasteiger partial charge in [-0.15, -0.1) is 0 Å². The molecule has 7 nitrogen and oxygen atoms in total. The highest BCUT2D eigenvalue weighted by Crippen LogP contribution is 1.90. The standard InChI is InChI=1S/C10H15NO6/c1-7(2)9(14)16-4-3-11-10(15)17-6-8(13)5-12/h5,8,13H,1,3-4,6H2,2H3,(H,11,15). The van der Waals surface area contributed by atoms with Gasteiger partial charge in [0, 0.05) is 5.57 Å². The SMILES string of the molecule is C=C(C)C(=O)OCCNC(=O)OCC(O)C=O. The van der Waals surface area contributed by atoms with E-state index in [0.29, 0.717) is 0 Å². The molecule has 17 heavy (non-hydrogen) atoms. The van der Waals surface area contributed by atoms with Crippen molar-refractivity contribution in [2.75, 3.05) is 19.8 Å². The molecule has 0 aliphatic carbocycles. The molecule has 7 heteroatoms. The van der Waals surface area contributed by atoms with Crippen LogP contribution in [0.15, 0.2) is 12.2 Å². The molecule has 0 spiro atoms. The fourth-order valence-electron chi connectivity index (χ4n) is 0.671. The second-order valence-corrected chi connectivity index (χ2v) is 3.14. The van der Waals surface area contributed by atoms with Crippen LogP contribution in [0, 0.1) is 0 Å². The van der Waals surface area contributed by atoms with Crippen molar-refractivity contribution in [3.63, 3.8) is 0 Å². The summed E-state index contributed by atoms with van der Waals surface area (Å²) in [6.07, 6.45) is -1.89. The highest BCUT2D eigenvalue weighted by Gasteiger charge is 2.07. The average Bonchev–Trinajstić information content (AvgIpc) is 2.30. The van der Waals surface area contributed by atoms with Gasteiger partial charge >= 0.3 is 12.1 Å². The molecule has 96 valence electrons. The summed E-state index contributed by atoms with van der Waals surface area (Å²) in [6.45, 7) is 4.52. The van der Waals surface area contributed by atoms with Gasteiger partial charge in [-0.25, -0.2) is 9.59 Å². The van der Waals surface area contributed by atoms with E-state index in [1.807, 2.05) is 0 Å². The lowest BCUT2D eigenvalue weighted by Crippen LogP contribution is -2.31. The summed E-state index contributed by atoms with van der Waals surface area (Å²) in [4.78, 5) is 31.8. The third-order valence-corrected chi connectivity index (χ3v) is 1.50. The van der Waals surface area contributed by atoms with E-state index in [-0.39, 0.29) is 25.0 Å². The molecule has 0 fully saturated rings. The summed E-state index contributed by atoms with van der Waals surface area (Å²) in [5, 5.41) is 11.0. The fraction of sp³-hybridized carbons (Fsp3) is 0.500. The molecule has 0 heterocycles. The van der Waals surface area contributed by atoms with Crippen molar-refractivity contribution in [1.82, 2.24) is 5.32 Å². The number of hydrogen-bond donors (Lipinski definition) is 2. The second kappa shape index (κ2) is 8.28. The van der Waals surface area contributed by atoms with E-state index in [2.05, 4.69) is 21.4 Å². The van der Waals surface area contributed by atoms with Crippen molar-refractivity contribution in [3.8, 4) is 0 Å². The summed E-state index contributed by atoms with van der Waals surface area (Å²) in [6, 6.07) is 0. The van der Waals surface area contributed by atoms with E-state index in [4.69, 9.17) is 5.11 Å². The van der Waals surface area contributed by atoms with Gasteiger partial charge in [-0.2, -0.15) is 0 Å². The maximum absolute atomic E-state index is 10.9.